The monoisotopic (exact) mass is 347 g/mol. The Labute approximate surface area is 152 Å². The zero-order valence-electron chi connectivity index (χ0n) is 14.5. The van der Waals surface area contributed by atoms with Gasteiger partial charge in [-0.25, -0.2) is 9.97 Å². The molecule has 132 valence electrons. The fourth-order valence-corrected chi connectivity index (χ4v) is 3.14. The largest absolute Gasteiger partial charge is 0.357 e. The number of carbonyl (C=O) groups is 1. The molecule has 0 aliphatic carbocycles. The van der Waals surface area contributed by atoms with Crippen molar-refractivity contribution in [2.24, 2.45) is 0 Å². The minimum atomic E-state index is -0.150. The lowest BCUT2D eigenvalue weighted by Gasteiger charge is -2.16. The lowest BCUT2D eigenvalue weighted by atomic mass is 10.2. The Hall–Kier alpha value is -3.15. The normalized spacial score (nSPS) is 13.8. The molecule has 26 heavy (non-hydrogen) atoms. The molecule has 0 bridgehead atoms. The SMILES string of the molecule is O=C(NCc1ncc(-c2ccccc2)[nH]1)c1ccc(N2CCCC2)nc1. The summed E-state index contributed by atoms with van der Waals surface area (Å²) < 4.78 is 0. The zero-order valence-corrected chi connectivity index (χ0v) is 14.5. The lowest BCUT2D eigenvalue weighted by Crippen LogP contribution is -2.24. The Balaban J connectivity index is 1.36. The van der Waals surface area contributed by atoms with Crippen molar-refractivity contribution in [2.75, 3.05) is 18.0 Å². The van der Waals surface area contributed by atoms with Crippen LogP contribution in [0.1, 0.15) is 29.0 Å². The summed E-state index contributed by atoms with van der Waals surface area (Å²) in [6.45, 7) is 2.43. The molecule has 2 N–H and O–H groups in total. The predicted molar refractivity (Wildman–Crippen MR) is 101 cm³/mol. The number of hydrogen-bond donors (Lipinski definition) is 2. The number of H-pyrrole nitrogens is 1. The Bertz CT molecular complexity index is 867. The Kier molecular flexibility index (Phi) is 4.64. The Morgan fingerprint density at radius 2 is 1.85 bits per heavy atom. The van der Waals surface area contributed by atoms with Crippen LogP contribution in [0.25, 0.3) is 11.3 Å². The summed E-state index contributed by atoms with van der Waals surface area (Å²) in [5, 5.41) is 2.88. The number of aromatic nitrogens is 3. The van der Waals surface area contributed by atoms with Gasteiger partial charge in [-0.1, -0.05) is 30.3 Å². The smallest absolute Gasteiger partial charge is 0.253 e. The van der Waals surface area contributed by atoms with Gasteiger partial charge in [0.1, 0.15) is 11.6 Å². The lowest BCUT2D eigenvalue weighted by molar-refractivity contribution is 0.0949. The van der Waals surface area contributed by atoms with E-state index in [2.05, 4.69) is 25.2 Å². The van der Waals surface area contributed by atoms with Gasteiger partial charge in [-0.3, -0.25) is 4.79 Å². The average molecular weight is 347 g/mol. The number of pyridine rings is 1. The molecule has 2 aromatic heterocycles. The van der Waals surface area contributed by atoms with E-state index >= 15 is 0 Å². The molecule has 0 saturated carbocycles. The number of benzene rings is 1. The maximum atomic E-state index is 12.3. The summed E-state index contributed by atoms with van der Waals surface area (Å²) in [5.41, 5.74) is 2.56. The molecule has 0 atom stereocenters. The molecular formula is C20H21N5O. The van der Waals surface area contributed by atoms with Crippen molar-refractivity contribution in [1.82, 2.24) is 20.3 Å². The zero-order chi connectivity index (χ0) is 17.8. The molecule has 6 heteroatoms. The maximum Gasteiger partial charge on any atom is 0.253 e. The first kappa shape index (κ1) is 16.3. The highest BCUT2D eigenvalue weighted by Crippen LogP contribution is 2.18. The summed E-state index contributed by atoms with van der Waals surface area (Å²) in [6, 6.07) is 13.7. The summed E-state index contributed by atoms with van der Waals surface area (Å²) >= 11 is 0. The molecule has 0 spiro atoms. The van der Waals surface area contributed by atoms with Crippen molar-refractivity contribution in [2.45, 2.75) is 19.4 Å². The third kappa shape index (κ3) is 3.59. The topological polar surface area (TPSA) is 73.9 Å². The van der Waals surface area contributed by atoms with E-state index in [1.807, 2.05) is 42.5 Å². The fourth-order valence-electron chi connectivity index (χ4n) is 3.14. The van der Waals surface area contributed by atoms with Crippen LogP contribution in [-0.2, 0) is 6.54 Å². The van der Waals surface area contributed by atoms with E-state index in [1.54, 1.807) is 12.4 Å². The van der Waals surface area contributed by atoms with E-state index in [0.29, 0.717) is 12.1 Å². The highest BCUT2D eigenvalue weighted by molar-refractivity contribution is 5.94. The standard InChI is InChI=1S/C20H21N5O/c26-20(16-8-9-19(22-12-16)25-10-4-5-11-25)23-14-18-21-13-17(24-18)15-6-2-1-3-7-15/h1-3,6-9,12-13H,4-5,10-11,14H2,(H,21,24)(H,23,26). The molecule has 1 aromatic carbocycles. The first-order valence-electron chi connectivity index (χ1n) is 8.88. The fraction of sp³-hybridized carbons (Fsp3) is 0.250. The molecule has 1 amide bonds. The van der Waals surface area contributed by atoms with Gasteiger partial charge >= 0.3 is 0 Å². The highest BCUT2D eigenvalue weighted by atomic mass is 16.1. The summed E-state index contributed by atoms with van der Waals surface area (Å²) in [4.78, 5) is 26.6. The van der Waals surface area contributed by atoms with E-state index in [0.717, 1.165) is 36.0 Å². The van der Waals surface area contributed by atoms with Gasteiger partial charge in [-0.15, -0.1) is 0 Å². The minimum Gasteiger partial charge on any atom is -0.357 e. The number of hydrogen-bond acceptors (Lipinski definition) is 4. The van der Waals surface area contributed by atoms with Crippen LogP contribution in [0.3, 0.4) is 0 Å². The van der Waals surface area contributed by atoms with Crippen LogP contribution in [-0.4, -0.2) is 33.9 Å². The van der Waals surface area contributed by atoms with E-state index in [4.69, 9.17) is 0 Å². The molecule has 6 nitrogen and oxygen atoms in total. The van der Waals surface area contributed by atoms with E-state index in [-0.39, 0.29) is 5.91 Å². The van der Waals surface area contributed by atoms with Gasteiger partial charge < -0.3 is 15.2 Å². The number of rotatable bonds is 5. The van der Waals surface area contributed by atoms with Crippen molar-refractivity contribution in [1.29, 1.82) is 0 Å². The van der Waals surface area contributed by atoms with Crippen molar-refractivity contribution in [3.63, 3.8) is 0 Å². The first-order valence-corrected chi connectivity index (χ1v) is 8.88. The number of nitrogens with zero attached hydrogens (tertiary/aromatic N) is 3. The van der Waals surface area contributed by atoms with Crippen LogP contribution in [0.5, 0.6) is 0 Å². The third-order valence-electron chi connectivity index (χ3n) is 4.57. The molecule has 1 aliphatic heterocycles. The van der Waals surface area contributed by atoms with E-state index in [9.17, 15) is 4.79 Å². The summed E-state index contributed by atoms with van der Waals surface area (Å²) in [7, 11) is 0. The van der Waals surface area contributed by atoms with Crippen molar-refractivity contribution < 1.29 is 4.79 Å². The van der Waals surface area contributed by atoms with Crippen LogP contribution in [0.15, 0.2) is 54.9 Å². The van der Waals surface area contributed by atoms with Gasteiger partial charge in [0.15, 0.2) is 0 Å². The second-order valence-corrected chi connectivity index (χ2v) is 6.39. The van der Waals surface area contributed by atoms with Gasteiger partial charge in [0.2, 0.25) is 0 Å². The van der Waals surface area contributed by atoms with Crippen LogP contribution < -0.4 is 10.2 Å². The Morgan fingerprint density at radius 1 is 1.04 bits per heavy atom. The summed E-state index contributed by atoms with van der Waals surface area (Å²) in [6.07, 6.45) is 5.83. The van der Waals surface area contributed by atoms with Crippen LogP contribution >= 0.6 is 0 Å². The van der Waals surface area contributed by atoms with Crippen molar-refractivity contribution >= 4 is 11.7 Å². The van der Waals surface area contributed by atoms with Gasteiger partial charge in [-0.2, -0.15) is 0 Å². The third-order valence-corrected chi connectivity index (χ3v) is 4.57. The molecular weight excluding hydrogens is 326 g/mol. The second kappa shape index (κ2) is 7.39. The second-order valence-electron chi connectivity index (χ2n) is 6.39. The number of anilines is 1. The number of aromatic amines is 1. The molecule has 1 fully saturated rings. The van der Waals surface area contributed by atoms with Crippen LogP contribution in [0.4, 0.5) is 5.82 Å². The molecule has 3 aromatic rings. The highest BCUT2D eigenvalue weighted by Gasteiger charge is 2.14. The molecule has 1 saturated heterocycles. The van der Waals surface area contributed by atoms with Gasteiger partial charge in [0.05, 0.1) is 24.0 Å². The van der Waals surface area contributed by atoms with Crippen LogP contribution in [0.2, 0.25) is 0 Å². The quantitative estimate of drug-likeness (QED) is 0.744. The Morgan fingerprint density at radius 3 is 2.58 bits per heavy atom. The average Bonchev–Trinajstić information content (AvgIpc) is 3.39. The summed E-state index contributed by atoms with van der Waals surface area (Å²) in [5.74, 6) is 1.51. The maximum absolute atomic E-state index is 12.3. The number of imidazole rings is 1. The van der Waals surface area contributed by atoms with Gasteiger partial charge in [-0.05, 0) is 30.5 Å². The van der Waals surface area contributed by atoms with Gasteiger partial charge in [0, 0.05) is 19.3 Å². The molecule has 3 heterocycles. The van der Waals surface area contributed by atoms with Crippen molar-refractivity contribution in [3.05, 3.63) is 66.2 Å². The first-order chi connectivity index (χ1) is 12.8. The molecule has 0 unspecified atom stereocenters. The molecule has 0 radical (unpaired) electrons. The molecule has 4 rings (SSSR count). The van der Waals surface area contributed by atoms with Gasteiger partial charge in [0.25, 0.3) is 5.91 Å². The number of nitrogens with one attached hydrogen (secondary N) is 2. The predicted octanol–water partition coefficient (Wildman–Crippen LogP) is 3.00. The number of amides is 1. The van der Waals surface area contributed by atoms with Crippen molar-refractivity contribution in [3.8, 4) is 11.3 Å². The van der Waals surface area contributed by atoms with E-state index in [1.165, 1.54) is 12.8 Å². The number of carbonyl (C=O) groups excluding carboxylic acids is 1. The minimum absolute atomic E-state index is 0.150. The van der Waals surface area contributed by atoms with E-state index < -0.39 is 0 Å². The van der Waals surface area contributed by atoms with Crippen LogP contribution in [0, 0.1) is 0 Å². The molecule has 1 aliphatic rings.